The standard InChI is InChI=1S/C20H28N2O4/c1-22(14-15-6-9-18(23-2)20(12-15)25-4)10-5-11-26-16-7-8-17(21)19(13-16)24-3/h6-9,12-13H,5,10-11,14,21H2,1-4H3. The van der Waals surface area contributed by atoms with Crippen molar-refractivity contribution in [2.75, 3.05) is 47.3 Å². The van der Waals surface area contributed by atoms with Gasteiger partial charge in [0.05, 0.1) is 33.6 Å². The molecule has 0 aliphatic carbocycles. The fourth-order valence-corrected chi connectivity index (χ4v) is 2.68. The molecule has 0 unspecified atom stereocenters. The number of ether oxygens (including phenoxy) is 4. The van der Waals surface area contributed by atoms with Gasteiger partial charge in [0.25, 0.3) is 0 Å². The molecule has 2 aromatic carbocycles. The van der Waals surface area contributed by atoms with Crippen LogP contribution in [-0.4, -0.2) is 46.4 Å². The predicted molar refractivity (Wildman–Crippen MR) is 103 cm³/mol. The van der Waals surface area contributed by atoms with Crippen molar-refractivity contribution in [3.8, 4) is 23.0 Å². The first-order chi connectivity index (χ1) is 12.6. The molecule has 0 heterocycles. The van der Waals surface area contributed by atoms with Crippen molar-refractivity contribution >= 4 is 5.69 Å². The van der Waals surface area contributed by atoms with Crippen molar-refractivity contribution in [2.24, 2.45) is 0 Å². The van der Waals surface area contributed by atoms with Gasteiger partial charge in [-0.3, -0.25) is 0 Å². The van der Waals surface area contributed by atoms with Crippen LogP contribution in [0.25, 0.3) is 0 Å². The van der Waals surface area contributed by atoms with Crippen LogP contribution in [0.15, 0.2) is 36.4 Å². The van der Waals surface area contributed by atoms with Gasteiger partial charge in [0.1, 0.15) is 11.5 Å². The summed E-state index contributed by atoms with van der Waals surface area (Å²) < 4.78 is 21.6. The van der Waals surface area contributed by atoms with Gasteiger partial charge in [-0.2, -0.15) is 0 Å². The number of hydrogen-bond donors (Lipinski definition) is 1. The Morgan fingerprint density at radius 2 is 1.62 bits per heavy atom. The quantitative estimate of drug-likeness (QED) is 0.518. The van der Waals surface area contributed by atoms with Crippen molar-refractivity contribution in [3.05, 3.63) is 42.0 Å². The first-order valence-electron chi connectivity index (χ1n) is 8.53. The molecule has 6 nitrogen and oxygen atoms in total. The normalized spacial score (nSPS) is 10.7. The molecular formula is C20H28N2O4. The lowest BCUT2D eigenvalue weighted by Gasteiger charge is -2.18. The first kappa shape index (κ1) is 19.7. The molecule has 0 spiro atoms. The Kier molecular flexibility index (Phi) is 7.41. The number of hydrogen-bond acceptors (Lipinski definition) is 6. The van der Waals surface area contributed by atoms with Crippen LogP contribution < -0.4 is 24.7 Å². The largest absolute Gasteiger partial charge is 0.494 e. The average molecular weight is 360 g/mol. The van der Waals surface area contributed by atoms with E-state index in [4.69, 9.17) is 24.7 Å². The minimum absolute atomic E-state index is 0.606. The Morgan fingerprint density at radius 3 is 2.31 bits per heavy atom. The molecule has 6 heteroatoms. The summed E-state index contributed by atoms with van der Waals surface area (Å²) in [6.07, 6.45) is 0.913. The minimum Gasteiger partial charge on any atom is -0.494 e. The maximum absolute atomic E-state index is 5.80. The van der Waals surface area contributed by atoms with Crippen molar-refractivity contribution in [1.29, 1.82) is 0 Å². The molecule has 0 saturated carbocycles. The van der Waals surface area contributed by atoms with E-state index >= 15 is 0 Å². The molecule has 0 aliphatic heterocycles. The van der Waals surface area contributed by atoms with Crippen molar-refractivity contribution in [1.82, 2.24) is 4.90 Å². The fraction of sp³-hybridized carbons (Fsp3) is 0.400. The van der Waals surface area contributed by atoms with E-state index in [1.807, 2.05) is 24.3 Å². The van der Waals surface area contributed by atoms with Crippen molar-refractivity contribution < 1.29 is 18.9 Å². The summed E-state index contributed by atoms with van der Waals surface area (Å²) in [5.41, 5.74) is 7.58. The molecule has 2 aromatic rings. The lowest BCUT2D eigenvalue weighted by Crippen LogP contribution is -2.20. The van der Waals surface area contributed by atoms with E-state index in [1.165, 1.54) is 5.56 Å². The van der Waals surface area contributed by atoms with Crippen LogP contribution in [0.2, 0.25) is 0 Å². The zero-order valence-corrected chi connectivity index (χ0v) is 16.0. The number of nitrogens with two attached hydrogens (primary N) is 1. The molecule has 0 radical (unpaired) electrons. The number of nitrogens with zero attached hydrogens (tertiary/aromatic N) is 1. The number of anilines is 1. The van der Waals surface area contributed by atoms with Gasteiger partial charge in [-0.25, -0.2) is 0 Å². The third-order valence-electron chi connectivity index (χ3n) is 4.06. The third kappa shape index (κ3) is 5.46. The van der Waals surface area contributed by atoms with Gasteiger partial charge in [-0.05, 0) is 43.3 Å². The molecule has 0 atom stereocenters. The van der Waals surface area contributed by atoms with Crippen LogP contribution in [-0.2, 0) is 6.54 Å². The second kappa shape index (κ2) is 9.77. The molecule has 0 aromatic heterocycles. The van der Waals surface area contributed by atoms with Gasteiger partial charge < -0.3 is 29.6 Å². The second-order valence-electron chi connectivity index (χ2n) is 6.03. The Labute approximate surface area is 155 Å². The summed E-state index contributed by atoms with van der Waals surface area (Å²) in [6, 6.07) is 11.4. The van der Waals surface area contributed by atoms with Crippen LogP contribution in [0.1, 0.15) is 12.0 Å². The molecule has 0 bridgehead atoms. The fourth-order valence-electron chi connectivity index (χ4n) is 2.68. The van der Waals surface area contributed by atoms with Gasteiger partial charge in [0, 0.05) is 19.2 Å². The lowest BCUT2D eigenvalue weighted by atomic mass is 10.2. The molecular weight excluding hydrogens is 332 g/mol. The molecule has 0 saturated heterocycles. The van der Waals surface area contributed by atoms with Crippen LogP contribution in [0, 0.1) is 0 Å². The number of methoxy groups -OCH3 is 3. The summed E-state index contributed by atoms with van der Waals surface area (Å²) in [7, 11) is 6.97. The van der Waals surface area contributed by atoms with E-state index in [-0.39, 0.29) is 0 Å². The highest BCUT2D eigenvalue weighted by Crippen LogP contribution is 2.28. The Morgan fingerprint density at radius 1 is 0.885 bits per heavy atom. The zero-order chi connectivity index (χ0) is 18.9. The minimum atomic E-state index is 0.606. The zero-order valence-electron chi connectivity index (χ0n) is 16.0. The van der Waals surface area contributed by atoms with Gasteiger partial charge >= 0.3 is 0 Å². The third-order valence-corrected chi connectivity index (χ3v) is 4.06. The van der Waals surface area contributed by atoms with Crippen LogP contribution in [0.4, 0.5) is 5.69 Å². The van der Waals surface area contributed by atoms with E-state index in [1.54, 1.807) is 27.4 Å². The summed E-state index contributed by atoms with van der Waals surface area (Å²) in [5, 5.41) is 0. The summed E-state index contributed by atoms with van der Waals surface area (Å²) in [4.78, 5) is 2.24. The molecule has 2 N–H and O–H groups in total. The topological polar surface area (TPSA) is 66.2 Å². The van der Waals surface area contributed by atoms with E-state index in [0.717, 1.165) is 36.8 Å². The van der Waals surface area contributed by atoms with Crippen molar-refractivity contribution in [2.45, 2.75) is 13.0 Å². The summed E-state index contributed by atoms with van der Waals surface area (Å²) in [5.74, 6) is 2.89. The maximum Gasteiger partial charge on any atom is 0.161 e. The van der Waals surface area contributed by atoms with Gasteiger partial charge in [0.2, 0.25) is 0 Å². The Balaban J connectivity index is 1.78. The highest BCUT2D eigenvalue weighted by atomic mass is 16.5. The van der Waals surface area contributed by atoms with E-state index in [9.17, 15) is 0 Å². The van der Waals surface area contributed by atoms with Crippen LogP contribution in [0.5, 0.6) is 23.0 Å². The molecule has 0 amide bonds. The molecule has 2 rings (SSSR count). The van der Waals surface area contributed by atoms with E-state index in [2.05, 4.69) is 18.0 Å². The average Bonchev–Trinajstić information content (AvgIpc) is 2.66. The van der Waals surface area contributed by atoms with Gasteiger partial charge in [-0.15, -0.1) is 0 Å². The van der Waals surface area contributed by atoms with Gasteiger partial charge in [0.15, 0.2) is 11.5 Å². The highest BCUT2D eigenvalue weighted by Gasteiger charge is 2.07. The van der Waals surface area contributed by atoms with Gasteiger partial charge in [-0.1, -0.05) is 6.07 Å². The number of benzene rings is 2. The smallest absolute Gasteiger partial charge is 0.161 e. The Hall–Kier alpha value is -2.60. The monoisotopic (exact) mass is 360 g/mol. The molecule has 26 heavy (non-hydrogen) atoms. The lowest BCUT2D eigenvalue weighted by molar-refractivity contribution is 0.257. The first-order valence-corrected chi connectivity index (χ1v) is 8.53. The summed E-state index contributed by atoms with van der Waals surface area (Å²) in [6.45, 7) is 2.37. The van der Waals surface area contributed by atoms with Crippen LogP contribution >= 0.6 is 0 Å². The predicted octanol–water partition coefficient (Wildman–Crippen LogP) is 3.20. The molecule has 0 fully saturated rings. The van der Waals surface area contributed by atoms with E-state index in [0.29, 0.717) is 18.0 Å². The highest BCUT2D eigenvalue weighted by molar-refractivity contribution is 5.55. The summed E-state index contributed by atoms with van der Waals surface area (Å²) >= 11 is 0. The number of rotatable bonds is 10. The van der Waals surface area contributed by atoms with E-state index < -0.39 is 0 Å². The number of nitrogen functional groups attached to an aromatic ring is 1. The molecule has 0 aliphatic rings. The molecule has 142 valence electrons. The second-order valence-corrected chi connectivity index (χ2v) is 6.03. The van der Waals surface area contributed by atoms with Crippen molar-refractivity contribution in [3.63, 3.8) is 0 Å². The Bertz CT molecular complexity index is 706. The van der Waals surface area contributed by atoms with Crippen LogP contribution in [0.3, 0.4) is 0 Å². The SMILES string of the molecule is COc1cc(OCCCN(C)Cc2ccc(OC)c(OC)c2)ccc1N. The maximum atomic E-state index is 5.80.